The summed E-state index contributed by atoms with van der Waals surface area (Å²) in [5.74, 6) is 0. The molecule has 0 aromatic heterocycles. The van der Waals surface area contributed by atoms with Crippen LogP contribution in [0.4, 0.5) is 0 Å². The van der Waals surface area contributed by atoms with E-state index >= 15 is 0 Å². The van der Waals surface area contributed by atoms with Crippen LogP contribution in [0.25, 0.3) is 64.6 Å². The Bertz CT molecular complexity index is 1780. The highest BCUT2D eigenvalue weighted by atomic mass is 16.1. The summed E-state index contributed by atoms with van der Waals surface area (Å²) >= 11 is 0. The van der Waals surface area contributed by atoms with Gasteiger partial charge in [0.1, 0.15) is 0 Å². The maximum atomic E-state index is 12.8. The van der Waals surface area contributed by atoms with Crippen LogP contribution in [0.15, 0.2) is 65.2 Å². The van der Waals surface area contributed by atoms with Crippen molar-refractivity contribution in [1.82, 2.24) is 0 Å². The highest BCUT2D eigenvalue weighted by molar-refractivity contribution is 6.44. The standard InChI is InChI=1S/C24H6O6/c25-13-1-7-14(26)3-9-16(28)5-11-17(29)6-12-18(30)4-10-15(27)2-8(13)20-19(7)21(9)23(11)24(12)22(10)20/h1-6H. The molecule has 0 bridgehead atoms. The van der Waals surface area contributed by atoms with Gasteiger partial charge in [0.15, 0.2) is 32.6 Å². The third-order valence-corrected chi connectivity index (χ3v) is 6.36. The van der Waals surface area contributed by atoms with Gasteiger partial charge in [-0.25, -0.2) is 0 Å². The highest BCUT2D eigenvalue weighted by Gasteiger charge is 2.26. The first kappa shape index (κ1) is 15.6. The van der Waals surface area contributed by atoms with E-state index in [4.69, 9.17) is 0 Å². The van der Waals surface area contributed by atoms with Gasteiger partial charge in [-0.05, 0) is 36.4 Å². The molecular weight excluding hydrogens is 384 g/mol. The molecular formula is C24H6O6. The Labute approximate surface area is 162 Å². The van der Waals surface area contributed by atoms with E-state index < -0.39 is 32.6 Å². The summed E-state index contributed by atoms with van der Waals surface area (Å²) in [6.45, 7) is 0. The Kier molecular flexibility index (Phi) is 2.32. The molecule has 6 nitrogen and oxygen atoms in total. The average Bonchev–Trinajstić information content (AvgIpc) is 2.70. The molecule has 0 aliphatic heterocycles. The van der Waals surface area contributed by atoms with Gasteiger partial charge in [0.25, 0.3) is 0 Å². The van der Waals surface area contributed by atoms with Crippen molar-refractivity contribution < 1.29 is 0 Å². The van der Waals surface area contributed by atoms with Crippen LogP contribution in [-0.2, 0) is 0 Å². The second kappa shape index (κ2) is 4.46. The molecule has 0 N–H and O–H groups in total. The van der Waals surface area contributed by atoms with E-state index in [1.54, 1.807) is 0 Å². The lowest BCUT2D eigenvalue weighted by molar-refractivity contribution is 1.61. The van der Waals surface area contributed by atoms with Gasteiger partial charge in [0.2, 0.25) is 0 Å². The Morgan fingerprint density at radius 2 is 0.400 bits per heavy atom. The van der Waals surface area contributed by atoms with E-state index in [0.29, 0.717) is 32.3 Å². The van der Waals surface area contributed by atoms with Crippen molar-refractivity contribution in [2.45, 2.75) is 0 Å². The molecule has 0 aliphatic rings. The second-order valence-electron chi connectivity index (χ2n) is 7.78. The van der Waals surface area contributed by atoms with Crippen LogP contribution in [0.5, 0.6) is 0 Å². The largest absolute Gasteiger partial charge is 0.289 e. The van der Waals surface area contributed by atoms with Crippen molar-refractivity contribution in [2.75, 3.05) is 0 Å². The lowest BCUT2D eigenvalue weighted by Crippen LogP contribution is -2.18. The molecule has 0 fully saturated rings. The minimum absolute atomic E-state index is 0.133. The molecule has 138 valence electrons. The lowest BCUT2D eigenvalue weighted by Gasteiger charge is -2.18. The molecule has 7 rings (SSSR count). The Hall–Kier alpha value is -4.32. The topological polar surface area (TPSA) is 102 Å². The van der Waals surface area contributed by atoms with Crippen LogP contribution >= 0.6 is 0 Å². The molecule has 7 aromatic rings. The fourth-order valence-electron chi connectivity index (χ4n) is 5.22. The number of hydrogen-bond acceptors (Lipinski definition) is 6. The molecule has 30 heavy (non-hydrogen) atoms. The molecule has 0 saturated carbocycles. The molecule has 0 heterocycles. The maximum Gasteiger partial charge on any atom is 0.187 e. The van der Waals surface area contributed by atoms with Crippen molar-refractivity contribution >= 4 is 64.6 Å². The van der Waals surface area contributed by atoms with Gasteiger partial charge >= 0.3 is 0 Å². The zero-order valence-corrected chi connectivity index (χ0v) is 14.9. The first-order valence-electron chi connectivity index (χ1n) is 9.19. The zero-order valence-electron chi connectivity index (χ0n) is 14.9. The predicted octanol–water partition coefficient (Wildman–Crippen LogP) is 1.39. The van der Waals surface area contributed by atoms with E-state index in [9.17, 15) is 28.8 Å². The minimum Gasteiger partial charge on any atom is -0.289 e. The number of benzene rings is 7. The van der Waals surface area contributed by atoms with Crippen molar-refractivity contribution in [3.63, 3.8) is 0 Å². The van der Waals surface area contributed by atoms with Crippen molar-refractivity contribution in [3.8, 4) is 0 Å². The van der Waals surface area contributed by atoms with E-state index in [1.807, 2.05) is 0 Å². The fourth-order valence-corrected chi connectivity index (χ4v) is 5.22. The first-order valence-corrected chi connectivity index (χ1v) is 9.19. The Balaban J connectivity index is 2.19. The van der Waals surface area contributed by atoms with Gasteiger partial charge < -0.3 is 0 Å². The van der Waals surface area contributed by atoms with Gasteiger partial charge in [-0.2, -0.15) is 0 Å². The van der Waals surface area contributed by atoms with Crippen LogP contribution in [0, 0.1) is 0 Å². The van der Waals surface area contributed by atoms with Gasteiger partial charge in [-0.3, -0.25) is 28.8 Å². The summed E-state index contributed by atoms with van der Waals surface area (Å²) < 4.78 is 0. The smallest absolute Gasteiger partial charge is 0.187 e. The second-order valence-corrected chi connectivity index (χ2v) is 7.78. The van der Waals surface area contributed by atoms with Crippen LogP contribution in [-0.4, -0.2) is 0 Å². The molecule has 0 unspecified atom stereocenters. The van der Waals surface area contributed by atoms with Crippen molar-refractivity contribution in [2.24, 2.45) is 0 Å². The SMILES string of the molecule is O=c1cc2c(=O)cc3c(=O)cc4c(=O)cc5c(=O)cc6c(=O)cc1c1c2c3c4c5c61. The number of hydrogen-bond donors (Lipinski definition) is 0. The van der Waals surface area contributed by atoms with Gasteiger partial charge in [-0.15, -0.1) is 0 Å². The quantitative estimate of drug-likeness (QED) is 0.286. The van der Waals surface area contributed by atoms with E-state index in [1.165, 1.54) is 36.4 Å². The third kappa shape index (κ3) is 1.45. The van der Waals surface area contributed by atoms with Crippen LogP contribution in [0.2, 0.25) is 0 Å². The molecule has 0 spiro atoms. The lowest BCUT2D eigenvalue weighted by atomic mass is 9.82. The molecule has 0 saturated heterocycles. The summed E-state index contributed by atoms with van der Waals surface area (Å²) in [6, 6.07) is 7.08. The first-order chi connectivity index (χ1) is 14.4. The summed E-state index contributed by atoms with van der Waals surface area (Å²) in [5, 5.41) is 3.12. The summed E-state index contributed by atoms with van der Waals surface area (Å²) in [5.41, 5.74) is -2.88. The maximum absolute atomic E-state index is 12.8. The van der Waals surface area contributed by atoms with Gasteiger partial charge in [0.05, 0.1) is 0 Å². The van der Waals surface area contributed by atoms with E-state index in [-0.39, 0.29) is 32.3 Å². The average molecular weight is 390 g/mol. The predicted molar refractivity (Wildman–Crippen MR) is 116 cm³/mol. The fraction of sp³-hybridized carbons (Fsp3) is 0. The highest BCUT2D eigenvalue weighted by Crippen LogP contribution is 2.43. The van der Waals surface area contributed by atoms with Crippen LogP contribution in [0.1, 0.15) is 0 Å². The molecule has 7 aromatic carbocycles. The van der Waals surface area contributed by atoms with Crippen molar-refractivity contribution in [3.05, 3.63) is 97.7 Å². The molecule has 0 amide bonds. The zero-order chi connectivity index (χ0) is 20.6. The molecule has 0 radical (unpaired) electrons. The Morgan fingerprint density at radius 1 is 0.267 bits per heavy atom. The third-order valence-electron chi connectivity index (χ3n) is 6.36. The minimum atomic E-state index is -0.481. The summed E-state index contributed by atoms with van der Waals surface area (Å²) in [6.07, 6.45) is 0. The van der Waals surface area contributed by atoms with E-state index in [0.717, 1.165) is 0 Å². The molecule has 0 aliphatic carbocycles. The summed E-state index contributed by atoms with van der Waals surface area (Å²) in [7, 11) is 0. The summed E-state index contributed by atoms with van der Waals surface area (Å²) in [4.78, 5) is 76.7. The normalized spacial score (nSPS) is 12.8. The van der Waals surface area contributed by atoms with Gasteiger partial charge in [0, 0.05) is 64.6 Å². The number of rotatable bonds is 0. The van der Waals surface area contributed by atoms with Crippen LogP contribution < -0.4 is 32.6 Å². The monoisotopic (exact) mass is 390 g/mol. The molecule has 0 atom stereocenters. The van der Waals surface area contributed by atoms with E-state index in [2.05, 4.69) is 0 Å². The molecule has 6 heteroatoms. The van der Waals surface area contributed by atoms with Crippen molar-refractivity contribution in [1.29, 1.82) is 0 Å². The Morgan fingerprint density at radius 3 is 0.533 bits per heavy atom. The van der Waals surface area contributed by atoms with Gasteiger partial charge in [-0.1, -0.05) is 0 Å². The van der Waals surface area contributed by atoms with Crippen LogP contribution in [0.3, 0.4) is 0 Å².